The van der Waals surface area contributed by atoms with E-state index in [0.717, 1.165) is 12.8 Å². The Kier molecular flexibility index (Phi) is 3.04. The lowest BCUT2D eigenvalue weighted by molar-refractivity contribution is -0.384. The maximum atomic E-state index is 12.3. The van der Waals surface area contributed by atoms with Gasteiger partial charge in [0.15, 0.2) is 0 Å². The van der Waals surface area contributed by atoms with Crippen LogP contribution in [0.25, 0.3) is 0 Å². The van der Waals surface area contributed by atoms with Crippen molar-refractivity contribution in [2.24, 2.45) is 17.8 Å². The molecule has 2 saturated carbocycles. The SMILES string of the molecule is O=[N+]([O-])c1ccc(S(=O)(=O)NC[C@@H]2C[C@H]3C[C@H]2[C@@H]2O[C@@H]32)cc1. The summed E-state index contributed by atoms with van der Waals surface area (Å²) in [4.78, 5) is 10.1. The fourth-order valence-corrected chi connectivity index (χ4v) is 5.11. The van der Waals surface area contributed by atoms with E-state index in [4.69, 9.17) is 4.74 Å². The molecule has 0 unspecified atom stereocenters. The Balaban J connectivity index is 1.42. The van der Waals surface area contributed by atoms with Crippen LogP contribution in [0.3, 0.4) is 0 Å². The van der Waals surface area contributed by atoms with E-state index in [-0.39, 0.29) is 10.6 Å². The van der Waals surface area contributed by atoms with Crippen molar-refractivity contribution in [3.05, 3.63) is 34.4 Å². The van der Waals surface area contributed by atoms with E-state index in [9.17, 15) is 18.5 Å². The molecule has 1 saturated heterocycles. The van der Waals surface area contributed by atoms with Crippen LogP contribution in [0.2, 0.25) is 0 Å². The second-order valence-corrected chi connectivity index (χ2v) is 8.09. The van der Waals surface area contributed by atoms with E-state index < -0.39 is 14.9 Å². The molecule has 5 atom stereocenters. The van der Waals surface area contributed by atoms with Gasteiger partial charge in [0.25, 0.3) is 5.69 Å². The van der Waals surface area contributed by atoms with E-state index in [1.807, 2.05) is 0 Å². The zero-order valence-corrected chi connectivity index (χ0v) is 12.5. The summed E-state index contributed by atoms with van der Waals surface area (Å²) in [6, 6.07) is 4.94. The number of nitrogens with one attached hydrogen (secondary N) is 1. The smallest absolute Gasteiger partial charge is 0.269 e. The highest BCUT2D eigenvalue weighted by Crippen LogP contribution is 2.58. The van der Waals surface area contributed by atoms with Gasteiger partial charge in [0.1, 0.15) is 0 Å². The third-order valence-electron chi connectivity index (χ3n) is 5.13. The molecule has 0 amide bonds. The topological polar surface area (TPSA) is 102 Å². The lowest BCUT2D eigenvalue weighted by atomic mass is 9.89. The van der Waals surface area contributed by atoms with Gasteiger partial charge in [-0.15, -0.1) is 0 Å². The predicted octanol–water partition coefficient (Wildman–Crippen LogP) is 1.30. The number of epoxide rings is 1. The first-order valence-electron chi connectivity index (χ1n) is 7.35. The molecule has 8 heteroatoms. The second kappa shape index (κ2) is 4.74. The molecule has 1 aliphatic heterocycles. The maximum Gasteiger partial charge on any atom is 0.269 e. The van der Waals surface area contributed by atoms with Gasteiger partial charge in [0.05, 0.1) is 22.0 Å². The van der Waals surface area contributed by atoms with Gasteiger partial charge in [-0.2, -0.15) is 0 Å². The third-order valence-corrected chi connectivity index (χ3v) is 6.57. The molecule has 1 N–H and O–H groups in total. The number of hydrogen-bond donors (Lipinski definition) is 1. The van der Waals surface area contributed by atoms with Gasteiger partial charge in [0.2, 0.25) is 10.0 Å². The molecule has 1 aromatic rings. The van der Waals surface area contributed by atoms with Crippen LogP contribution in [0.5, 0.6) is 0 Å². The molecule has 1 aromatic carbocycles. The highest BCUT2D eigenvalue weighted by Gasteiger charge is 2.62. The Morgan fingerprint density at radius 1 is 1.23 bits per heavy atom. The Morgan fingerprint density at radius 2 is 1.95 bits per heavy atom. The molecule has 118 valence electrons. The molecule has 22 heavy (non-hydrogen) atoms. The highest BCUT2D eigenvalue weighted by atomic mass is 32.2. The quantitative estimate of drug-likeness (QED) is 0.499. The van der Waals surface area contributed by atoms with Crippen molar-refractivity contribution in [1.29, 1.82) is 0 Å². The molecule has 0 aromatic heterocycles. The fraction of sp³-hybridized carbons (Fsp3) is 0.571. The number of ether oxygens (including phenoxy) is 1. The Bertz CT molecular complexity index is 717. The minimum Gasteiger partial charge on any atom is -0.369 e. The van der Waals surface area contributed by atoms with Gasteiger partial charge in [-0.25, -0.2) is 13.1 Å². The van der Waals surface area contributed by atoms with Crippen molar-refractivity contribution in [3.8, 4) is 0 Å². The number of nitrogens with zero attached hydrogens (tertiary/aromatic N) is 1. The predicted molar refractivity (Wildman–Crippen MR) is 76.6 cm³/mol. The van der Waals surface area contributed by atoms with Gasteiger partial charge in [-0.1, -0.05) is 0 Å². The van der Waals surface area contributed by atoms with Gasteiger partial charge in [0, 0.05) is 18.7 Å². The fourth-order valence-electron chi connectivity index (χ4n) is 4.01. The van der Waals surface area contributed by atoms with Crippen molar-refractivity contribution in [3.63, 3.8) is 0 Å². The molecule has 0 radical (unpaired) electrons. The van der Waals surface area contributed by atoms with Crippen molar-refractivity contribution in [2.75, 3.05) is 6.54 Å². The van der Waals surface area contributed by atoms with Gasteiger partial charge in [-0.3, -0.25) is 10.1 Å². The molecule has 4 rings (SSSR count). The molecule has 3 fully saturated rings. The van der Waals surface area contributed by atoms with E-state index in [1.54, 1.807) is 0 Å². The van der Waals surface area contributed by atoms with Gasteiger partial charge in [-0.05, 0) is 42.7 Å². The minimum atomic E-state index is -3.62. The largest absolute Gasteiger partial charge is 0.369 e. The number of sulfonamides is 1. The standard InChI is InChI=1S/C14H16N2O5S/c17-16(18)10-1-3-11(4-2-10)22(19,20)15-7-9-5-8-6-12(9)14-13(8)21-14/h1-4,8-9,12-15H,5-7H2/t8-,9-,12+,13-,14-/m0/s1. The zero-order chi connectivity index (χ0) is 15.5. The van der Waals surface area contributed by atoms with Crippen LogP contribution in [0.4, 0.5) is 5.69 Å². The molecular weight excluding hydrogens is 308 g/mol. The Labute approximate surface area is 127 Å². The number of non-ortho nitro benzene ring substituents is 1. The van der Waals surface area contributed by atoms with Crippen molar-refractivity contribution >= 4 is 15.7 Å². The van der Waals surface area contributed by atoms with Crippen LogP contribution < -0.4 is 4.72 Å². The van der Waals surface area contributed by atoms with Crippen LogP contribution in [0.15, 0.2) is 29.2 Å². The summed E-state index contributed by atoms with van der Waals surface area (Å²) < 4.78 is 32.7. The Hall–Kier alpha value is -1.51. The molecule has 2 bridgehead atoms. The van der Waals surface area contributed by atoms with Crippen molar-refractivity contribution < 1.29 is 18.1 Å². The minimum absolute atomic E-state index is 0.0572. The number of hydrogen-bond acceptors (Lipinski definition) is 5. The molecule has 7 nitrogen and oxygen atoms in total. The third kappa shape index (κ3) is 2.22. The van der Waals surface area contributed by atoms with Crippen molar-refractivity contribution in [1.82, 2.24) is 4.72 Å². The molecule has 1 heterocycles. The van der Waals surface area contributed by atoms with Crippen LogP contribution in [-0.2, 0) is 14.8 Å². The first-order valence-corrected chi connectivity index (χ1v) is 8.83. The number of benzene rings is 1. The van der Waals surface area contributed by atoms with Crippen LogP contribution in [0, 0.1) is 27.9 Å². The number of fused-ring (bicyclic) bond motifs is 5. The van der Waals surface area contributed by atoms with Gasteiger partial charge >= 0.3 is 0 Å². The summed E-state index contributed by atoms with van der Waals surface area (Å²) in [7, 11) is -3.62. The number of rotatable bonds is 5. The van der Waals surface area contributed by atoms with Crippen LogP contribution in [0.1, 0.15) is 12.8 Å². The molecule has 2 aliphatic carbocycles. The summed E-state index contributed by atoms with van der Waals surface area (Å²) in [6.07, 6.45) is 2.97. The molecule has 3 aliphatic rings. The first kappa shape index (κ1) is 14.1. The van der Waals surface area contributed by atoms with E-state index in [0.29, 0.717) is 36.5 Å². The summed E-state index contributed by atoms with van der Waals surface area (Å²) in [6.45, 7) is 0.410. The zero-order valence-electron chi connectivity index (χ0n) is 11.7. The number of nitro groups is 1. The normalized spacial score (nSPS) is 35.4. The van der Waals surface area contributed by atoms with Crippen molar-refractivity contribution in [2.45, 2.75) is 29.9 Å². The monoisotopic (exact) mass is 324 g/mol. The van der Waals surface area contributed by atoms with Crippen LogP contribution in [-0.4, -0.2) is 32.1 Å². The highest BCUT2D eigenvalue weighted by molar-refractivity contribution is 7.89. The second-order valence-electron chi connectivity index (χ2n) is 6.32. The lowest BCUT2D eigenvalue weighted by Gasteiger charge is -2.19. The molecule has 0 spiro atoms. The maximum absolute atomic E-state index is 12.3. The summed E-state index contributed by atoms with van der Waals surface area (Å²) >= 11 is 0. The average molecular weight is 324 g/mol. The van der Waals surface area contributed by atoms with Gasteiger partial charge < -0.3 is 4.74 Å². The number of nitro benzene ring substituents is 1. The average Bonchev–Trinajstić information content (AvgIpc) is 3.11. The summed E-state index contributed by atoms with van der Waals surface area (Å²) in [5, 5.41) is 10.6. The van der Waals surface area contributed by atoms with Crippen LogP contribution >= 0.6 is 0 Å². The van der Waals surface area contributed by atoms with E-state index in [2.05, 4.69) is 4.72 Å². The lowest BCUT2D eigenvalue weighted by Crippen LogP contribution is -2.33. The Morgan fingerprint density at radius 3 is 2.55 bits per heavy atom. The van der Waals surface area contributed by atoms with E-state index >= 15 is 0 Å². The van der Waals surface area contributed by atoms with E-state index in [1.165, 1.54) is 24.3 Å². The first-order chi connectivity index (χ1) is 10.5. The summed E-state index contributed by atoms with van der Waals surface area (Å²) in [5.41, 5.74) is -0.121. The molecular formula is C14H16N2O5S. The summed E-state index contributed by atoms with van der Waals surface area (Å²) in [5.74, 6) is 1.42.